The van der Waals surface area contributed by atoms with Crippen LogP contribution >= 0.6 is 34.8 Å². The highest BCUT2D eigenvalue weighted by Gasteiger charge is 2.13. The van der Waals surface area contributed by atoms with Crippen molar-refractivity contribution < 1.29 is 0 Å². The Morgan fingerprint density at radius 3 is 2.35 bits per heavy atom. The molecule has 0 bridgehead atoms. The fourth-order valence-electron chi connectivity index (χ4n) is 1.60. The summed E-state index contributed by atoms with van der Waals surface area (Å²) in [5, 5.41) is 3.79. The second-order valence-corrected chi connectivity index (χ2v) is 5.63. The zero-order chi connectivity index (χ0) is 14.7. The summed E-state index contributed by atoms with van der Waals surface area (Å²) in [4.78, 5) is 11.1. The first-order valence-corrected chi connectivity index (χ1v) is 7.02. The highest BCUT2D eigenvalue weighted by atomic mass is 35.5. The van der Waals surface area contributed by atoms with E-state index in [2.05, 4.69) is 20.3 Å². The normalized spacial score (nSPS) is 12.4. The number of halogens is 3. The number of benzene rings is 1. The van der Waals surface area contributed by atoms with Crippen LogP contribution in [0.4, 0.5) is 11.9 Å². The maximum atomic E-state index is 5.85. The van der Waals surface area contributed by atoms with Crippen molar-refractivity contribution in [3.63, 3.8) is 0 Å². The molecule has 0 aliphatic carbocycles. The van der Waals surface area contributed by atoms with Gasteiger partial charge in [0.05, 0.1) is 6.04 Å². The Labute approximate surface area is 131 Å². The molecule has 2 rings (SSSR count). The van der Waals surface area contributed by atoms with Crippen LogP contribution in [-0.2, 0) is 0 Å². The first-order valence-electron chi connectivity index (χ1n) is 5.77. The minimum absolute atomic E-state index is 0.0361. The van der Waals surface area contributed by atoms with Gasteiger partial charge >= 0.3 is 0 Å². The number of nitrogens with two attached hydrogens (primary N) is 1. The third-order valence-corrected chi connectivity index (χ3v) is 3.22. The molecular formula is C12H12Cl3N5. The van der Waals surface area contributed by atoms with Crippen molar-refractivity contribution >= 4 is 46.7 Å². The minimum Gasteiger partial charge on any atom is -0.368 e. The lowest BCUT2D eigenvalue weighted by Gasteiger charge is -2.15. The van der Waals surface area contributed by atoms with Gasteiger partial charge in [0.1, 0.15) is 0 Å². The molecule has 0 aliphatic rings. The predicted molar refractivity (Wildman–Crippen MR) is 82.2 cm³/mol. The largest absolute Gasteiger partial charge is 0.368 e. The zero-order valence-electron chi connectivity index (χ0n) is 10.5. The van der Waals surface area contributed by atoms with E-state index in [1.807, 2.05) is 31.2 Å². The van der Waals surface area contributed by atoms with Crippen molar-refractivity contribution in [1.82, 2.24) is 15.0 Å². The molecule has 1 aromatic heterocycles. The van der Waals surface area contributed by atoms with Crippen molar-refractivity contribution in [3.05, 3.63) is 40.7 Å². The predicted octanol–water partition coefficient (Wildman–Crippen LogP) is 3.76. The Morgan fingerprint density at radius 1 is 1.10 bits per heavy atom. The lowest BCUT2D eigenvalue weighted by Crippen LogP contribution is -2.13. The smallest absolute Gasteiger partial charge is 0.228 e. The summed E-state index contributed by atoms with van der Waals surface area (Å²) in [6.07, 6.45) is 0. The van der Waals surface area contributed by atoms with Gasteiger partial charge in [-0.3, -0.25) is 0 Å². The topological polar surface area (TPSA) is 76.7 Å². The van der Waals surface area contributed by atoms with Crippen molar-refractivity contribution in [1.29, 1.82) is 0 Å². The molecule has 3 N–H and O–H groups in total. The van der Waals surface area contributed by atoms with Crippen molar-refractivity contribution in [2.75, 3.05) is 11.1 Å². The molecule has 1 heterocycles. The van der Waals surface area contributed by atoms with E-state index < -0.39 is 4.84 Å². The van der Waals surface area contributed by atoms with Gasteiger partial charge in [0, 0.05) is 5.02 Å². The highest BCUT2D eigenvalue weighted by Crippen LogP contribution is 2.24. The van der Waals surface area contributed by atoms with Gasteiger partial charge in [0.25, 0.3) is 0 Å². The Balaban J connectivity index is 2.18. The average Bonchev–Trinajstić information content (AvgIpc) is 2.38. The molecule has 5 nitrogen and oxygen atoms in total. The van der Waals surface area contributed by atoms with Crippen LogP contribution in [0.15, 0.2) is 24.3 Å². The van der Waals surface area contributed by atoms with Gasteiger partial charge in [-0.15, -0.1) is 0 Å². The van der Waals surface area contributed by atoms with Gasteiger partial charge < -0.3 is 11.1 Å². The van der Waals surface area contributed by atoms with Crippen LogP contribution < -0.4 is 11.1 Å². The summed E-state index contributed by atoms with van der Waals surface area (Å²) >= 11 is 17.3. The van der Waals surface area contributed by atoms with E-state index in [1.165, 1.54) is 0 Å². The van der Waals surface area contributed by atoms with Gasteiger partial charge in [0.15, 0.2) is 10.7 Å². The molecule has 0 radical (unpaired) electrons. The van der Waals surface area contributed by atoms with Gasteiger partial charge in [0.2, 0.25) is 11.9 Å². The van der Waals surface area contributed by atoms with E-state index in [4.69, 9.17) is 40.5 Å². The van der Waals surface area contributed by atoms with E-state index in [0.29, 0.717) is 11.0 Å². The van der Waals surface area contributed by atoms with Crippen LogP contribution in [0.25, 0.3) is 0 Å². The third-order valence-electron chi connectivity index (χ3n) is 2.58. The molecule has 8 heteroatoms. The van der Waals surface area contributed by atoms with Gasteiger partial charge in [-0.1, -0.05) is 46.9 Å². The highest BCUT2D eigenvalue weighted by molar-refractivity contribution is 6.43. The minimum atomic E-state index is -0.855. The van der Waals surface area contributed by atoms with Crippen molar-refractivity contribution in [3.8, 4) is 0 Å². The molecular weight excluding hydrogens is 321 g/mol. The number of nitrogen functional groups attached to an aromatic ring is 1. The third kappa shape index (κ3) is 3.85. The van der Waals surface area contributed by atoms with E-state index >= 15 is 0 Å². The summed E-state index contributed by atoms with van der Waals surface area (Å²) in [6, 6.07) is 7.42. The lowest BCUT2D eigenvalue weighted by molar-refractivity contribution is 0.844. The molecule has 106 valence electrons. The maximum absolute atomic E-state index is 5.85. The summed E-state index contributed by atoms with van der Waals surface area (Å²) in [6.45, 7) is 1.96. The van der Waals surface area contributed by atoms with E-state index in [-0.39, 0.29) is 17.8 Å². The fraction of sp³-hybridized carbons (Fsp3) is 0.250. The van der Waals surface area contributed by atoms with Crippen LogP contribution in [-0.4, -0.2) is 15.0 Å². The number of alkyl halides is 2. The van der Waals surface area contributed by atoms with E-state index in [1.54, 1.807) is 0 Å². The van der Waals surface area contributed by atoms with Crippen LogP contribution in [0.5, 0.6) is 0 Å². The van der Waals surface area contributed by atoms with Crippen molar-refractivity contribution in [2.24, 2.45) is 0 Å². The Hall–Kier alpha value is -1.30. The van der Waals surface area contributed by atoms with Gasteiger partial charge in [-0.05, 0) is 24.6 Å². The SMILES string of the molecule is CC(Nc1nc(N)nc(C(Cl)Cl)n1)c1ccc(Cl)cc1. The molecule has 0 saturated carbocycles. The van der Waals surface area contributed by atoms with E-state index in [0.717, 1.165) is 5.56 Å². The summed E-state index contributed by atoms with van der Waals surface area (Å²) in [5.41, 5.74) is 6.63. The van der Waals surface area contributed by atoms with E-state index in [9.17, 15) is 0 Å². The van der Waals surface area contributed by atoms with Crippen LogP contribution in [0, 0.1) is 0 Å². The molecule has 0 fully saturated rings. The second-order valence-electron chi connectivity index (χ2n) is 4.09. The Kier molecular flexibility index (Phi) is 4.86. The molecule has 1 aromatic carbocycles. The number of nitrogens with one attached hydrogen (secondary N) is 1. The number of anilines is 2. The summed E-state index contributed by atoms with van der Waals surface area (Å²) < 4.78 is 0. The van der Waals surface area contributed by atoms with Gasteiger partial charge in [-0.25, -0.2) is 0 Å². The monoisotopic (exact) mass is 331 g/mol. The quantitative estimate of drug-likeness (QED) is 0.834. The van der Waals surface area contributed by atoms with Crippen LogP contribution in [0.3, 0.4) is 0 Å². The number of nitrogens with zero attached hydrogens (tertiary/aromatic N) is 3. The first kappa shape index (κ1) is 15.1. The number of aromatic nitrogens is 3. The molecule has 1 atom stereocenters. The number of hydrogen-bond acceptors (Lipinski definition) is 5. The fourth-order valence-corrected chi connectivity index (χ4v) is 1.92. The Bertz CT molecular complexity index is 588. The molecule has 0 aliphatic heterocycles. The summed E-state index contributed by atoms with van der Waals surface area (Å²) in [7, 11) is 0. The molecule has 0 saturated heterocycles. The van der Waals surface area contributed by atoms with Crippen molar-refractivity contribution in [2.45, 2.75) is 17.8 Å². The van der Waals surface area contributed by atoms with Crippen LogP contribution in [0.1, 0.15) is 29.2 Å². The molecule has 0 spiro atoms. The molecule has 0 amide bonds. The van der Waals surface area contributed by atoms with Crippen LogP contribution in [0.2, 0.25) is 5.02 Å². The number of hydrogen-bond donors (Lipinski definition) is 2. The Morgan fingerprint density at radius 2 is 1.75 bits per heavy atom. The second kappa shape index (κ2) is 6.43. The molecule has 2 aromatic rings. The first-order chi connectivity index (χ1) is 9.45. The zero-order valence-corrected chi connectivity index (χ0v) is 12.8. The lowest BCUT2D eigenvalue weighted by atomic mass is 10.1. The number of rotatable bonds is 4. The van der Waals surface area contributed by atoms with Gasteiger partial charge in [-0.2, -0.15) is 15.0 Å². The average molecular weight is 333 g/mol. The molecule has 1 unspecified atom stereocenters. The maximum Gasteiger partial charge on any atom is 0.228 e. The summed E-state index contributed by atoms with van der Waals surface area (Å²) in [5.74, 6) is 0.597. The standard InChI is InChI=1S/C12H12Cl3N5/c1-6(7-2-4-8(13)5-3-7)17-12-19-10(9(14)15)18-11(16)20-12/h2-6,9H,1H3,(H3,16,17,18,19,20). The molecule has 20 heavy (non-hydrogen) atoms.